The molecule has 0 fully saturated rings. The summed E-state index contributed by atoms with van der Waals surface area (Å²) in [6.07, 6.45) is 5.69. The molecule has 1 amide bonds. The number of nitrogens with one attached hydrogen (secondary N) is 1. The lowest BCUT2D eigenvalue weighted by Gasteiger charge is -2.07. The molecule has 98 valence electrons. The third-order valence-electron chi connectivity index (χ3n) is 3.19. The number of aryl methyl sites for hydroxylation is 2. The van der Waals surface area contributed by atoms with Crippen LogP contribution < -0.4 is 5.32 Å². The largest absolute Gasteiger partial charge is 0.480 e. The number of fused-ring (bicyclic) bond motifs is 1. The maximum Gasteiger partial charge on any atom is 0.325 e. The zero-order chi connectivity index (χ0) is 13.1. The Morgan fingerprint density at radius 1 is 1.33 bits per heavy atom. The number of rotatable bonds is 3. The molecular weight excluding hydrogens is 250 g/mol. The summed E-state index contributed by atoms with van der Waals surface area (Å²) in [7, 11) is 0. The van der Waals surface area contributed by atoms with E-state index in [0.717, 1.165) is 12.8 Å². The van der Waals surface area contributed by atoms with Crippen molar-refractivity contribution in [2.24, 2.45) is 0 Å². The Balaban J connectivity index is 2.09. The molecule has 2 rings (SSSR count). The molecule has 0 radical (unpaired) electrons. The first-order chi connectivity index (χ1) is 8.58. The van der Waals surface area contributed by atoms with E-state index in [9.17, 15) is 9.59 Å². The van der Waals surface area contributed by atoms with Crippen molar-refractivity contribution in [3.8, 4) is 0 Å². The maximum atomic E-state index is 11.9. The standard InChI is InChI=1S/C13H17NO3S/c1-8(13(16)17)14-12(15)11-7-9-5-3-2-4-6-10(9)18-11/h7-8H,2-6H2,1H3,(H,14,15)(H,16,17)/t8-/m1/s1. The minimum Gasteiger partial charge on any atom is -0.480 e. The Morgan fingerprint density at radius 2 is 2.06 bits per heavy atom. The van der Waals surface area contributed by atoms with E-state index in [1.807, 2.05) is 6.07 Å². The fourth-order valence-electron chi connectivity index (χ4n) is 2.11. The van der Waals surface area contributed by atoms with Gasteiger partial charge in [0.1, 0.15) is 6.04 Å². The molecule has 0 aliphatic heterocycles. The Morgan fingerprint density at radius 3 is 2.78 bits per heavy atom. The second kappa shape index (κ2) is 5.52. The first kappa shape index (κ1) is 13.1. The van der Waals surface area contributed by atoms with Crippen molar-refractivity contribution in [2.45, 2.75) is 45.1 Å². The number of carbonyl (C=O) groups is 2. The summed E-state index contributed by atoms with van der Waals surface area (Å²) in [6, 6.07) is 1.08. The summed E-state index contributed by atoms with van der Waals surface area (Å²) in [5.41, 5.74) is 1.27. The minimum atomic E-state index is -1.01. The van der Waals surface area contributed by atoms with Crippen LogP contribution in [-0.4, -0.2) is 23.0 Å². The van der Waals surface area contributed by atoms with Gasteiger partial charge >= 0.3 is 5.97 Å². The highest BCUT2D eigenvalue weighted by molar-refractivity contribution is 7.14. The van der Waals surface area contributed by atoms with E-state index in [2.05, 4.69) is 5.32 Å². The molecule has 1 aromatic rings. The summed E-state index contributed by atoms with van der Waals surface area (Å²) in [4.78, 5) is 24.5. The third-order valence-corrected chi connectivity index (χ3v) is 4.42. The number of carboxylic acid groups (broad SMARTS) is 1. The molecule has 1 atom stereocenters. The molecule has 0 saturated carbocycles. The van der Waals surface area contributed by atoms with Crippen LogP contribution in [-0.2, 0) is 17.6 Å². The van der Waals surface area contributed by atoms with Crippen molar-refractivity contribution < 1.29 is 14.7 Å². The van der Waals surface area contributed by atoms with Gasteiger partial charge in [0.2, 0.25) is 0 Å². The van der Waals surface area contributed by atoms with E-state index in [0.29, 0.717) is 4.88 Å². The molecule has 0 spiro atoms. The Kier molecular flexibility index (Phi) is 4.01. The van der Waals surface area contributed by atoms with Gasteiger partial charge in [-0.3, -0.25) is 9.59 Å². The van der Waals surface area contributed by atoms with Crippen molar-refractivity contribution in [3.05, 3.63) is 21.4 Å². The van der Waals surface area contributed by atoms with Crippen molar-refractivity contribution in [3.63, 3.8) is 0 Å². The number of carboxylic acids is 1. The van der Waals surface area contributed by atoms with Crippen molar-refractivity contribution in [1.82, 2.24) is 5.32 Å². The Labute approximate surface area is 110 Å². The number of aliphatic carboxylic acids is 1. The lowest BCUT2D eigenvalue weighted by molar-refractivity contribution is -0.138. The molecule has 2 N–H and O–H groups in total. The van der Waals surface area contributed by atoms with Crippen molar-refractivity contribution >= 4 is 23.2 Å². The van der Waals surface area contributed by atoms with Gasteiger partial charge in [-0.05, 0) is 44.2 Å². The average Bonchev–Trinajstić information content (AvgIpc) is 2.61. The molecule has 0 saturated heterocycles. The first-order valence-electron chi connectivity index (χ1n) is 6.23. The maximum absolute atomic E-state index is 11.9. The van der Waals surface area contributed by atoms with Crippen LogP contribution in [0.5, 0.6) is 0 Å². The monoisotopic (exact) mass is 267 g/mol. The summed E-state index contributed by atoms with van der Waals surface area (Å²) in [5, 5.41) is 11.3. The number of thiophene rings is 1. The van der Waals surface area contributed by atoms with Gasteiger partial charge < -0.3 is 10.4 Å². The summed E-state index contributed by atoms with van der Waals surface area (Å²) in [5.74, 6) is -1.29. The lowest BCUT2D eigenvalue weighted by Crippen LogP contribution is -2.37. The van der Waals surface area contributed by atoms with Gasteiger partial charge in [0, 0.05) is 4.88 Å². The van der Waals surface area contributed by atoms with Crippen LogP contribution in [0.2, 0.25) is 0 Å². The fourth-order valence-corrected chi connectivity index (χ4v) is 3.27. The number of carbonyl (C=O) groups excluding carboxylic acids is 1. The zero-order valence-corrected chi connectivity index (χ0v) is 11.2. The number of amides is 1. The van der Waals surface area contributed by atoms with Gasteiger partial charge in [0.25, 0.3) is 5.91 Å². The molecule has 18 heavy (non-hydrogen) atoms. The van der Waals surface area contributed by atoms with E-state index >= 15 is 0 Å². The molecule has 0 unspecified atom stereocenters. The van der Waals surface area contributed by atoms with Gasteiger partial charge in [-0.1, -0.05) is 6.42 Å². The summed E-state index contributed by atoms with van der Waals surface area (Å²) < 4.78 is 0. The van der Waals surface area contributed by atoms with Crippen LogP contribution in [0.25, 0.3) is 0 Å². The Hall–Kier alpha value is -1.36. The molecule has 1 aliphatic rings. The van der Waals surface area contributed by atoms with Crippen LogP contribution >= 0.6 is 11.3 Å². The van der Waals surface area contributed by atoms with E-state index in [1.165, 1.54) is 48.0 Å². The van der Waals surface area contributed by atoms with Crippen molar-refractivity contribution in [1.29, 1.82) is 0 Å². The lowest BCUT2D eigenvalue weighted by atomic mass is 10.1. The minimum absolute atomic E-state index is 0.275. The summed E-state index contributed by atoms with van der Waals surface area (Å²) >= 11 is 1.51. The second-order valence-electron chi connectivity index (χ2n) is 4.65. The second-order valence-corrected chi connectivity index (χ2v) is 5.79. The molecule has 1 aliphatic carbocycles. The van der Waals surface area contributed by atoms with Crippen LogP contribution in [0, 0.1) is 0 Å². The van der Waals surface area contributed by atoms with E-state index < -0.39 is 12.0 Å². The SMILES string of the molecule is C[C@@H](NC(=O)c1cc2c(s1)CCCCC2)C(=O)O. The third kappa shape index (κ3) is 2.90. The zero-order valence-electron chi connectivity index (χ0n) is 10.4. The van der Waals surface area contributed by atoms with Gasteiger partial charge in [0.15, 0.2) is 0 Å². The quantitative estimate of drug-likeness (QED) is 0.825. The normalized spacial score (nSPS) is 16.5. The van der Waals surface area contributed by atoms with Gasteiger partial charge in [-0.2, -0.15) is 0 Å². The van der Waals surface area contributed by atoms with Gasteiger partial charge in [0.05, 0.1) is 4.88 Å². The molecule has 1 heterocycles. The van der Waals surface area contributed by atoms with Crippen LogP contribution in [0.4, 0.5) is 0 Å². The average molecular weight is 267 g/mol. The van der Waals surface area contributed by atoms with Gasteiger partial charge in [-0.15, -0.1) is 11.3 Å². The molecule has 0 aromatic carbocycles. The predicted octanol–water partition coefficient (Wildman–Crippen LogP) is 2.22. The first-order valence-corrected chi connectivity index (χ1v) is 7.05. The van der Waals surface area contributed by atoms with Crippen LogP contribution in [0.1, 0.15) is 46.3 Å². The molecule has 4 nitrogen and oxygen atoms in total. The number of hydrogen-bond donors (Lipinski definition) is 2. The highest BCUT2D eigenvalue weighted by Gasteiger charge is 2.19. The molecule has 5 heteroatoms. The topological polar surface area (TPSA) is 66.4 Å². The molecular formula is C13H17NO3S. The van der Waals surface area contributed by atoms with E-state index in [-0.39, 0.29) is 5.91 Å². The Bertz CT molecular complexity index is 443. The van der Waals surface area contributed by atoms with Crippen molar-refractivity contribution in [2.75, 3.05) is 0 Å². The fraction of sp³-hybridized carbons (Fsp3) is 0.538. The molecule has 0 bridgehead atoms. The predicted molar refractivity (Wildman–Crippen MR) is 70.1 cm³/mol. The van der Waals surface area contributed by atoms with E-state index in [4.69, 9.17) is 5.11 Å². The van der Waals surface area contributed by atoms with E-state index in [1.54, 1.807) is 0 Å². The highest BCUT2D eigenvalue weighted by atomic mass is 32.1. The van der Waals surface area contributed by atoms with Gasteiger partial charge in [-0.25, -0.2) is 0 Å². The van der Waals surface area contributed by atoms with Crippen LogP contribution in [0.3, 0.4) is 0 Å². The summed E-state index contributed by atoms with van der Waals surface area (Å²) in [6.45, 7) is 1.47. The highest BCUT2D eigenvalue weighted by Crippen LogP contribution is 2.28. The smallest absolute Gasteiger partial charge is 0.325 e. The number of hydrogen-bond acceptors (Lipinski definition) is 3. The molecule has 1 aromatic heterocycles. The van der Waals surface area contributed by atoms with Crippen LogP contribution in [0.15, 0.2) is 6.07 Å².